The molecule has 1 fully saturated rings. The Morgan fingerprint density at radius 1 is 1.69 bits per heavy atom. The summed E-state index contributed by atoms with van der Waals surface area (Å²) in [6, 6.07) is 3.41. The first-order chi connectivity index (χ1) is 7.68. The van der Waals surface area contributed by atoms with E-state index in [-0.39, 0.29) is 5.91 Å². The standard InChI is InChI=1S/C12H17N3O/c1-8(9-4-5-9)7-15-12(16)10-3-2-6-14-11(10)13/h2-3,6,8-9H,4-5,7H2,1H3,(H2,13,14)(H,15,16). The number of hydrogen-bond donors (Lipinski definition) is 2. The minimum Gasteiger partial charge on any atom is -0.383 e. The first-order valence-corrected chi connectivity index (χ1v) is 5.67. The van der Waals surface area contributed by atoms with Crippen LogP contribution in [0.4, 0.5) is 5.82 Å². The van der Waals surface area contributed by atoms with Crippen LogP contribution in [-0.4, -0.2) is 17.4 Å². The smallest absolute Gasteiger partial charge is 0.255 e. The van der Waals surface area contributed by atoms with Crippen LogP contribution in [0.5, 0.6) is 0 Å². The molecule has 4 nitrogen and oxygen atoms in total. The van der Waals surface area contributed by atoms with Gasteiger partial charge in [0, 0.05) is 12.7 Å². The molecular weight excluding hydrogens is 202 g/mol. The zero-order chi connectivity index (χ0) is 11.5. The Bertz CT molecular complexity index is 388. The maximum atomic E-state index is 11.8. The van der Waals surface area contributed by atoms with Crippen molar-refractivity contribution in [3.63, 3.8) is 0 Å². The Morgan fingerprint density at radius 3 is 3.06 bits per heavy atom. The summed E-state index contributed by atoms with van der Waals surface area (Å²) < 4.78 is 0. The van der Waals surface area contributed by atoms with E-state index in [4.69, 9.17) is 5.73 Å². The quantitative estimate of drug-likeness (QED) is 0.805. The van der Waals surface area contributed by atoms with E-state index in [0.717, 1.165) is 12.5 Å². The molecule has 1 aliphatic rings. The van der Waals surface area contributed by atoms with Crippen LogP contribution in [-0.2, 0) is 0 Å². The number of amides is 1. The molecule has 86 valence electrons. The molecule has 0 spiro atoms. The molecule has 1 aromatic heterocycles. The Labute approximate surface area is 95.3 Å². The SMILES string of the molecule is CC(CNC(=O)c1cccnc1N)C1CC1. The fourth-order valence-corrected chi connectivity index (χ4v) is 1.79. The Kier molecular flexibility index (Phi) is 3.08. The lowest BCUT2D eigenvalue weighted by Crippen LogP contribution is -2.29. The molecule has 1 heterocycles. The predicted molar refractivity (Wildman–Crippen MR) is 62.9 cm³/mol. The number of nitrogens with zero attached hydrogens (tertiary/aromatic N) is 1. The zero-order valence-electron chi connectivity index (χ0n) is 9.44. The number of nitrogens with one attached hydrogen (secondary N) is 1. The molecule has 1 aliphatic carbocycles. The molecule has 0 bridgehead atoms. The van der Waals surface area contributed by atoms with Crippen molar-refractivity contribution in [3.05, 3.63) is 23.9 Å². The van der Waals surface area contributed by atoms with Crippen molar-refractivity contribution in [1.82, 2.24) is 10.3 Å². The number of nitrogens with two attached hydrogens (primary N) is 1. The van der Waals surface area contributed by atoms with Gasteiger partial charge in [-0.05, 0) is 36.8 Å². The Balaban J connectivity index is 1.90. The molecule has 2 rings (SSSR count). The van der Waals surface area contributed by atoms with Crippen molar-refractivity contribution >= 4 is 11.7 Å². The molecule has 4 heteroatoms. The first-order valence-electron chi connectivity index (χ1n) is 5.67. The van der Waals surface area contributed by atoms with E-state index in [2.05, 4.69) is 17.2 Å². The van der Waals surface area contributed by atoms with Crippen molar-refractivity contribution in [2.75, 3.05) is 12.3 Å². The summed E-state index contributed by atoms with van der Waals surface area (Å²) >= 11 is 0. The molecule has 1 amide bonds. The number of hydrogen-bond acceptors (Lipinski definition) is 3. The van der Waals surface area contributed by atoms with E-state index in [1.54, 1.807) is 18.3 Å². The Morgan fingerprint density at radius 2 is 2.44 bits per heavy atom. The minimum atomic E-state index is -0.127. The third-order valence-corrected chi connectivity index (χ3v) is 3.09. The number of pyridine rings is 1. The van der Waals surface area contributed by atoms with Crippen LogP contribution in [0, 0.1) is 11.8 Å². The summed E-state index contributed by atoms with van der Waals surface area (Å²) in [6.07, 6.45) is 4.18. The second kappa shape index (κ2) is 4.51. The van der Waals surface area contributed by atoms with Gasteiger partial charge in [0.15, 0.2) is 0 Å². The van der Waals surface area contributed by atoms with Gasteiger partial charge in [0.1, 0.15) is 5.82 Å². The van der Waals surface area contributed by atoms with Gasteiger partial charge >= 0.3 is 0 Å². The normalized spacial score (nSPS) is 16.8. The highest BCUT2D eigenvalue weighted by molar-refractivity contribution is 5.98. The van der Waals surface area contributed by atoms with E-state index in [1.165, 1.54) is 12.8 Å². The molecule has 1 saturated carbocycles. The second-order valence-electron chi connectivity index (χ2n) is 4.46. The van der Waals surface area contributed by atoms with Crippen LogP contribution in [0.15, 0.2) is 18.3 Å². The van der Waals surface area contributed by atoms with Crippen molar-refractivity contribution < 1.29 is 4.79 Å². The maximum Gasteiger partial charge on any atom is 0.255 e. The monoisotopic (exact) mass is 219 g/mol. The number of carbonyl (C=O) groups excluding carboxylic acids is 1. The summed E-state index contributed by atoms with van der Waals surface area (Å²) in [5.41, 5.74) is 6.09. The highest BCUT2D eigenvalue weighted by atomic mass is 16.1. The summed E-state index contributed by atoms with van der Waals surface area (Å²) in [5.74, 6) is 1.52. The van der Waals surface area contributed by atoms with Gasteiger partial charge in [0.05, 0.1) is 5.56 Å². The second-order valence-corrected chi connectivity index (χ2v) is 4.46. The van der Waals surface area contributed by atoms with Crippen LogP contribution in [0.1, 0.15) is 30.1 Å². The van der Waals surface area contributed by atoms with Crippen LogP contribution < -0.4 is 11.1 Å². The highest BCUT2D eigenvalue weighted by Gasteiger charge is 2.28. The molecule has 0 aliphatic heterocycles. The minimum absolute atomic E-state index is 0.127. The lowest BCUT2D eigenvalue weighted by atomic mass is 10.1. The number of rotatable bonds is 4. The number of aromatic nitrogens is 1. The fraction of sp³-hybridized carbons (Fsp3) is 0.500. The van der Waals surface area contributed by atoms with Crippen LogP contribution in [0.25, 0.3) is 0 Å². The van der Waals surface area contributed by atoms with Crippen LogP contribution in [0.2, 0.25) is 0 Å². The van der Waals surface area contributed by atoms with E-state index in [0.29, 0.717) is 17.3 Å². The van der Waals surface area contributed by atoms with Crippen LogP contribution in [0.3, 0.4) is 0 Å². The molecule has 1 atom stereocenters. The largest absolute Gasteiger partial charge is 0.383 e. The molecule has 0 aromatic carbocycles. The Hall–Kier alpha value is -1.58. The van der Waals surface area contributed by atoms with E-state index < -0.39 is 0 Å². The number of carbonyl (C=O) groups is 1. The fourth-order valence-electron chi connectivity index (χ4n) is 1.79. The van der Waals surface area contributed by atoms with Crippen molar-refractivity contribution in [3.8, 4) is 0 Å². The molecule has 1 aromatic rings. The van der Waals surface area contributed by atoms with Crippen molar-refractivity contribution in [1.29, 1.82) is 0 Å². The molecule has 0 saturated heterocycles. The third-order valence-electron chi connectivity index (χ3n) is 3.09. The van der Waals surface area contributed by atoms with E-state index in [1.807, 2.05) is 0 Å². The van der Waals surface area contributed by atoms with Gasteiger partial charge in [-0.2, -0.15) is 0 Å². The van der Waals surface area contributed by atoms with Gasteiger partial charge < -0.3 is 11.1 Å². The molecule has 1 unspecified atom stereocenters. The zero-order valence-corrected chi connectivity index (χ0v) is 9.44. The lowest BCUT2D eigenvalue weighted by molar-refractivity contribution is 0.0947. The van der Waals surface area contributed by atoms with Gasteiger partial charge in [-0.3, -0.25) is 4.79 Å². The number of anilines is 1. The summed E-state index contributed by atoms with van der Waals surface area (Å²) in [5, 5.41) is 2.90. The van der Waals surface area contributed by atoms with Gasteiger partial charge in [-0.25, -0.2) is 4.98 Å². The van der Waals surface area contributed by atoms with Gasteiger partial charge in [0.2, 0.25) is 0 Å². The highest BCUT2D eigenvalue weighted by Crippen LogP contribution is 2.36. The lowest BCUT2D eigenvalue weighted by Gasteiger charge is -2.11. The molecular formula is C12H17N3O. The van der Waals surface area contributed by atoms with E-state index in [9.17, 15) is 4.79 Å². The van der Waals surface area contributed by atoms with Gasteiger partial charge in [-0.1, -0.05) is 6.92 Å². The third kappa shape index (κ3) is 2.51. The average Bonchev–Trinajstić information content (AvgIpc) is 3.10. The molecule has 3 N–H and O–H groups in total. The van der Waals surface area contributed by atoms with E-state index >= 15 is 0 Å². The summed E-state index contributed by atoms with van der Waals surface area (Å²) in [4.78, 5) is 15.7. The summed E-state index contributed by atoms with van der Waals surface area (Å²) in [6.45, 7) is 2.89. The maximum absolute atomic E-state index is 11.8. The van der Waals surface area contributed by atoms with Crippen molar-refractivity contribution in [2.45, 2.75) is 19.8 Å². The van der Waals surface area contributed by atoms with Gasteiger partial charge in [-0.15, -0.1) is 0 Å². The van der Waals surface area contributed by atoms with Crippen molar-refractivity contribution in [2.24, 2.45) is 11.8 Å². The topological polar surface area (TPSA) is 68.0 Å². The van der Waals surface area contributed by atoms with Crippen LogP contribution >= 0.6 is 0 Å². The summed E-state index contributed by atoms with van der Waals surface area (Å²) in [7, 11) is 0. The number of nitrogen functional groups attached to an aromatic ring is 1. The molecule has 16 heavy (non-hydrogen) atoms. The van der Waals surface area contributed by atoms with Gasteiger partial charge in [0.25, 0.3) is 5.91 Å². The predicted octanol–water partition coefficient (Wildman–Crippen LogP) is 1.44. The first kappa shape index (κ1) is 10.9. The molecule has 0 radical (unpaired) electrons. The average molecular weight is 219 g/mol.